The molecule has 0 unspecified atom stereocenters. The van der Waals surface area contributed by atoms with Gasteiger partial charge in [0.2, 0.25) is 0 Å². The molecular formula is C10H15NO3. The van der Waals surface area contributed by atoms with Gasteiger partial charge < -0.3 is 14.3 Å². The van der Waals surface area contributed by atoms with E-state index in [9.17, 15) is 0 Å². The Morgan fingerprint density at radius 2 is 2.29 bits per heavy atom. The fraction of sp³-hybridized carbons (Fsp3) is 0.700. The first kappa shape index (κ1) is 9.52. The standard InChI is InChI=1S/C10H15NO3/c12-5-9-7-14-10(11-9)13-6-8-3-1-2-4-8/h7-8,12H,1-6H2. The molecular weight excluding hydrogens is 182 g/mol. The molecule has 2 rings (SSSR count). The molecule has 0 saturated heterocycles. The number of rotatable bonds is 4. The summed E-state index contributed by atoms with van der Waals surface area (Å²) in [4.78, 5) is 3.95. The highest BCUT2D eigenvalue weighted by Crippen LogP contribution is 2.25. The Bertz CT molecular complexity index is 279. The van der Waals surface area contributed by atoms with E-state index >= 15 is 0 Å². The Kier molecular flexibility index (Phi) is 3.03. The van der Waals surface area contributed by atoms with Crippen LogP contribution in [-0.4, -0.2) is 16.7 Å². The lowest BCUT2D eigenvalue weighted by atomic mass is 10.1. The van der Waals surface area contributed by atoms with Gasteiger partial charge in [-0.1, -0.05) is 12.8 Å². The molecule has 1 aromatic heterocycles. The summed E-state index contributed by atoms with van der Waals surface area (Å²) in [5.74, 6) is 0.652. The predicted octanol–water partition coefficient (Wildman–Crippen LogP) is 1.74. The fourth-order valence-electron chi connectivity index (χ4n) is 1.79. The van der Waals surface area contributed by atoms with E-state index in [-0.39, 0.29) is 12.7 Å². The Labute approximate surface area is 82.9 Å². The van der Waals surface area contributed by atoms with Crippen LogP contribution in [0.1, 0.15) is 31.4 Å². The Morgan fingerprint density at radius 1 is 1.50 bits per heavy atom. The van der Waals surface area contributed by atoms with Gasteiger partial charge in [-0.3, -0.25) is 0 Å². The lowest BCUT2D eigenvalue weighted by molar-refractivity contribution is 0.190. The molecule has 0 radical (unpaired) electrons. The van der Waals surface area contributed by atoms with Gasteiger partial charge in [-0.05, 0) is 18.8 Å². The number of hydrogen-bond acceptors (Lipinski definition) is 4. The third-order valence-electron chi connectivity index (χ3n) is 2.61. The average Bonchev–Trinajstić information content (AvgIpc) is 2.86. The highest BCUT2D eigenvalue weighted by molar-refractivity contribution is 4.97. The number of aliphatic hydroxyl groups is 1. The van der Waals surface area contributed by atoms with Crippen molar-refractivity contribution in [2.24, 2.45) is 5.92 Å². The third-order valence-corrected chi connectivity index (χ3v) is 2.61. The lowest BCUT2D eigenvalue weighted by Crippen LogP contribution is -2.08. The van der Waals surface area contributed by atoms with Crippen LogP contribution in [-0.2, 0) is 6.61 Å². The predicted molar refractivity (Wildman–Crippen MR) is 49.9 cm³/mol. The zero-order chi connectivity index (χ0) is 9.80. The average molecular weight is 197 g/mol. The molecule has 1 N–H and O–H groups in total. The van der Waals surface area contributed by atoms with Crippen molar-refractivity contribution in [3.8, 4) is 6.08 Å². The van der Waals surface area contributed by atoms with E-state index in [0.717, 1.165) is 0 Å². The first-order valence-electron chi connectivity index (χ1n) is 5.06. The monoisotopic (exact) mass is 197 g/mol. The van der Waals surface area contributed by atoms with Crippen LogP contribution >= 0.6 is 0 Å². The second-order valence-corrected chi connectivity index (χ2v) is 3.72. The van der Waals surface area contributed by atoms with E-state index in [1.165, 1.54) is 31.9 Å². The van der Waals surface area contributed by atoms with Crippen LogP contribution < -0.4 is 4.74 Å². The molecule has 4 nitrogen and oxygen atoms in total. The Morgan fingerprint density at radius 3 is 2.93 bits per heavy atom. The number of hydrogen-bond donors (Lipinski definition) is 1. The normalized spacial score (nSPS) is 17.5. The van der Waals surface area contributed by atoms with Crippen LogP contribution in [0.3, 0.4) is 0 Å². The molecule has 1 saturated carbocycles. The van der Waals surface area contributed by atoms with Crippen LogP contribution in [0.5, 0.6) is 6.08 Å². The number of oxazole rings is 1. The van der Waals surface area contributed by atoms with E-state index in [0.29, 0.717) is 18.2 Å². The highest BCUT2D eigenvalue weighted by Gasteiger charge is 2.16. The smallest absolute Gasteiger partial charge is 0.393 e. The molecule has 4 heteroatoms. The van der Waals surface area contributed by atoms with E-state index in [1.807, 2.05) is 0 Å². The van der Waals surface area contributed by atoms with Gasteiger partial charge >= 0.3 is 6.08 Å². The Balaban J connectivity index is 1.79. The molecule has 1 aromatic rings. The van der Waals surface area contributed by atoms with Crippen LogP contribution in [0.4, 0.5) is 0 Å². The van der Waals surface area contributed by atoms with Crippen LogP contribution in [0.25, 0.3) is 0 Å². The van der Waals surface area contributed by atoms with E-state index in [4.69, 9.17) is 14.3 Å². The molecule has 0 amide bonds. The summed E-state index contributed by atoms with van der Waals surface area (Å²) < 4.78 is 10.4. The summed E-state index contributed by atoms with van der Waals surface area (Å²) in [6.45, 7) is 0.585. The highest BCUT2D eigenvalue weighted by atomic mass is 16.6. The first-order valence-corrected chi connectivity index (χ1v) is 5.06. The van der Waals surface area contributed by atoms with Crippen molar-refractivity contribution >= 4 is 0 Å². The van der Waals surface area contributed by atoms with Gasteiger partial charge in [-0.25, -0.2) is 0 Å². The largest absolute Gasteiger partial charge is 0.450 e. The number of aromatic nitrogens is 1. The zero-order valence-corrected chi connectivity index (χ0v) is 8.11. The molecule has 0 aromatic carbocycles. The lowest BCUT2D eigenvalue weighted by Gasteiger charge is -2.07. The van der Waals surface area contributed by atoms with Crippen molar-refractivity contribution in [3.63, 3.8) is 0 Å². The maximum atomic E-state index is 8.75. The van der Waals surface area contributed by atoms with E-state index in [2.05, 4.69) is 4.98 Å². The quantitative estimate of drug-likeness (QED) is 0.798. The molecule has 0 atom stereocenters. The van der Waals surface area contributed by atoms with Crippen molar-refractivity contribution in [3.05, 3.63) is 12.0 Å². The molecule has 0 bridgehead atoms. The van der Waals surface area contributed by atoms with E-state index in [1.54, 1.807) is 0 Å². The van der Waals surface area contributed by atoms with Gasteiger partial charge in [-0.2, -0.15) is 4.98 Å². The summed E-state index contributed by atoms with van der Waals surface area (Å²) >= 11 is 0. The van der Waals surface area contributed by atoms with Gasteiger partial charge in [0.1, 0.15) is 12.0 Å². The van der Waals surface area contributed by atoms with Crippen molar-refractivity contribution in [2.45, 2.75) is 32.3 Å². The summed E-state index contributed by atoms with van der Waals surface area (Å²) in [5.41, 5.74) is 0.520. The number of aliphatic hydroxyl groups excluding tert-OH is 1. The van der Waals surface area contributed by atoms with Crippen molar-refractivity contribution in [1.82, 2.24) is 4.98 Å². The minimum atomic E-state index is -0.101. The van der Waals surface area contributed by atoms with E-state index < -0.39 is 0 Å². The van der Waals surface area contributed by atoms with Crippen molar-refractivity contribution < 1.29 is 14.3 Å². The van der Waals surface area contributed by atoms with Gasteiger partial charge in [0.15, 0.2) is 0 Å². The molecule has 1 fully saturated rings. The minimum absolute atomic E-state index is 0.101. The van der Waals surface area contributed by atoms with Gasteiger partial charge in [0, 0.05) is 0 Å². The second-order valence-electron chi connectivity index (χ2n) is 3.72. The fourth-order valence-corrected chi connectivity index (χ4v) is 1.79. The van der Waals surface area contributed by atoms with Gasteiger partial charge in [0.25, 0.3) is 0 Å². The molecule has 1 aliphatic carbocycles. The molecule has 0 spiro atoms. The zero-order valence-electron chi connectivity index (χ0n) is 8.11. The van der Waals surface area contributed by atoms with Crippen molar-refractivity contribution in [1.29, 1.82) is 0 Å². The summed E-state index contributed by atoms with van der Waals surface area (Å²) in [5, 5.41) is 8.75. The molecule has 1 aliphatic rings. The summed E-state index contributed by atoms with van der Waals surface area (Å²) in [7, 11) is 0. The second kappa shape index (κ2) is 4.46. The van der Waals surface area contributed by atoms with Crippen LogP contribution in [0, 0.1) is 5.92 Å². The summed E-state index contributed by atoms with van der Waals surface area (Å²) in [6.07, 6.45) is 6.80. The van der Waals surface area contributed by atoms with Gasteiger partial charge in [0.05, 0.1) is 13.2 Å². The maximum absolute atomic E-state index is 8.75. The van der Waals surface area contributed by atoms with Gasteiger partial charge in [-0.15, -0.1) is 0 Å². The molecule has 1 heterocycles. The minimum Gasteiger partial charge on any atom is -0.450 e. The number of nitrogens with zero attached hydrogens (tertiary/aromatic N) is 1. The van der Waals surface area contributed by atoms with Crippen LogP contribution in [0.2, 0.25) is 0 Å². The SMILES string of the molecule is OCc1coc(OCC2CCCC2)n1. The Hall–Kier alpha value is -1.03. The molecule has 14 heavy (non-hydrogen) atoms. The summed E-state index contributed by atoms with van der Waals surface area (Å²) in [6, 6.07) is 0. The van der Waals surface area contributed by atoms with Crippen LogP contribution in [0.15, 0.2) is 10.7 Å². The topological polar surface area (TPSA) is 55.5 Å². The van der Waals surface area contributed by atoms with Crippen molar-refractivity contribution in [2.75, 3.05) is 6.61 Å². The maximum Gasteiger partial charge on any atom is 0.393 e. The third kappa shape index (κ3) is 2.26. The first-order chi connectivity index (χ1) is 6.88. The molecule has 0 aliphatic heterocycles. The molecule has 78 valence electrons. The number of ether oxygens (including phenoxy) is 1.